The van der Waals surface area contributed by atoms with Gasteiger partial charge < -0.3 is 14.4 Å². The highest BCUT2D eigenvalue weighted by molar-refractivity contribution is 6.24. The van der Waals surface area contributed by atoms with Gasteiger partial charge in [-0.2, -0.15) is 0 Å². The average Bonchev–Trinajstić information content (AvgIpc) is 3.27. The van der Waals surface area contributed by atoms with Crippen molar-refractivity contribution in [2.75, 3.05) is 37.6 Å². The molecule has 2 aromatic carbocycles. The molecule has 2 aliphatic rings. The summed E-state index contributed by atoms with van der Waals surface area (Å²) in [7, 11) is 5.42. The van der Waals surface area contributed by atoms with Crippen molar-refractivity contribution in [2.45, 2.75) is 25.4 Å². The van der Waals surface area contributed by atoms with E-state index in [2.05, 4.69) is 5.32 Å². The standard InChI is InChI=1S/C25H29N3O5/c1-6-33-24(31)25(2)20-19(21(26-25)15-10-12-16(13-11-15)27(3)4)22(29)28(23(20)30)17-8-7-9-18(14-17)32-5/h7-14,19-21,26H,6H2,1-5H3/t19-,20+,21-,25-/m1/s1. The second kappa shape index (κ2) is 8.51. The minimum absolute atomic E-state index is 0.178. The molecule has 0 unspecified atom stereocenters. The van der Waals surface area contributed by atoms with E-state index >= 15 is 0 Å². The van der Waals surface area contributed by atoms with Crippen molar-refractivity contribution in [2.24, 2.45) is 11.8 Å². The number of amides is 2. The van der Waals surface area contributed by atoms with Crippen LogP contribution in [0.3, 0.4) is 0 Å². The summed E-state index contributed by atoms with van der Waals surface area (Å²) in [6.07, 6.45) is 0. The van der Waals surface area contributed by atoms with E-state index in [1.807, 2.05) is 43.3 Å². The fourth-order valence-electron chi connectivity index (χ4n) is 4.88. The van der Waals surface area contributed by atoms with Crippen molar-refractivity contribution in [3.63, 3.8) is 0 Å². The Morgan fingerprint density at radius 1 is 1.12 bits per heavy atom. The third-order valence-corrected chi connectivity index (χ3v) is 6.57. The smallest absolute Gasteiger partial charge is 0.326 e. The van der Waals surface area contributed by atoms with Gasteiger partial charge in [0.1, 0.15) is 11.3 Å². The fourth-order valence-corrected chi connectivity index (χ4v) is 4.88. The number of carbonyl (C=O) groups excluding carboxylic acids is 3. The molecule has 2 fully saturated rings. The van der Waals surface area contributed by atoms with Gasteiger partial charge in [-0.3, -0.25) is 19.7 Å². The van der Waals surface area contributed by atoms with Crippen LogP contribution in [0.25, 0.3) is 0 Å². The molecule has 2 aliphatic heterocycles. The van der Waals surface area contributed by atoms with Crippen molar-refractivity contribution < 1.29 is 23.9 Å². The van der Waals surface area contributed by atoms with E-state index in [1.54, 1.807) is 38.1 Å². The van der Waals surface area contributed by atoms with Crippen LogP contribution in [0.4, 0.5) is 11.4 Å². The van der Waals surface area contributed by atoms with E-state index in [0.717, 1.165) is 11.3 Å². The number of anilines is 2. The van der Waals surface area contributed by atoms with Crippen LogP contribution < -0.4 is 19.9 Å². The molecule has 1 N–H and O–H groups in total. The van der Waals surface area contributed by atoms with Crippen LogP contribution in [0.1, 0.15) is 25.5 Å². The molecule has 4 atom stereocenters. The molecule has 174 valence electrons. The molecule has 0 aromatic heterocycles. The number of nitrogens with zero attached hydrogens (tertiary/aromatic N) is 2. The number of hydrogen-bond donors (Lipinski definition) is 1. The number of esters is 1. The summed E-state index contributed by atoms with van der Waals surface area (Å²) in [5, 5.41) is 3.29. The van der Waals surface area contributed by atoms with Crippen molar-refractivity contribution in [1.29, 1.82) is 0 Å². The van der Waals surface area contributed by atoms with Gasteiger partial charge >= 0.3 is 5.97 Å². The molecule has 2 aromatic rings. The molecule has 2 heterocycles. The first-order chi connectivity index (χ1) is 15.7. The lowest BCUT2D eigenvalue weighted by Gasteiger charge is -2.29. The van der Waals surface area contributed by atoms with Crippen LogP contribution in [-0.2, 0) is 19.1 Å². The fraction of sp³-hybridized carbons (Fsp3) is 0.400. The maximum Gasteiger partial charge on any atom is 0.326 e. The van der Waals surface area contributed by atoms with Crippen molar-refractivity contribution in [3.8, 4) is 5.75 Å². The Morgan fingerprint density at radius 2 is 1.82 bits per heavy atom. The molecule has 4 rings (SSSR count). The summed E-state index contributed by atoms with van der Waals surface area (Å²) in [4.78, 5) is 43.5. The van der Waals surface area contributed by atoms with Gasteiger partial charge in [0.15, 0.2) is 0 Å². The second-order valence-electron chi connectivity index (χ2n) is 8.75. The molecule has 0 saturated carbocycles. The Bertz CT molecular complexity index is 1080. The Hall–Kier alpha value is -3.39. The predicted molar refractivity (Wildman–Crippen MR) is 124 cm³/mol. The van der Waals surface area contributed by atoms with E-state index in [0.29, 0.717) is 11.4 Å². The molecular formula is C25H29N3O5. The summed E-state index contributed by atoms with van der Waals surface area (Å²) in [6.45, 7) is 3.55. The summed E-state index contributed by atoms with van der Waals surface area (Å²) >= 11 is 0. The monoisotopic (exact) mass is 451 g/mol. The summed E-state index contributed by atoms with van der Waals surface area (Å²) < 4.78 is 10.6. The molecule has 33 heavy (non-hydrogen) atoms. The first-order valence-electron chi connectivity index (χ1n) is 11.0. The van der Waals surface area contributed by atoms with Gasteiger partial charge in [-0.1, -0.05) is 18.2 Å². The lowest BCUT2D eigenvalue weighted by molar-refractivity contribution is -0.153. The number of ether oxygens (including phenoxy) is 2. The molecule has 0 spiro atoms. The molecule has 8 nitrogen and oxygen atoms in total. The topological polar surface area (TPSA) is 88.2 Å². The average molecular weight is 452 g/mol. The number of carbonyl (C=O) groups is 3. The molecule has 8 heteroatoms. The minimum Gasteiger partial charge on any atom is -0.497 e. The Labute approximate surface area is 193 Å². The van der Waals surface area contributed by atoms with Crippen LogP contribution >= 0.6 is 0 Å². The molecule has 0 radical (unpaired) electrons. The zero-order chi connectivity index (χ0) is 23.9. The number of methoxy groups -OCH3 is 1. The quantitative estimate of drug-likeness (QED) is 0.533. The summed E-state index contributed by atoms with van der Waals surface area (Å²) in [6, 6.07) is 14.0. The number of hydrogen-bond acceptors (Lipinski definition) is 7. The highest BCUT2D eigenvalue weighted by Crippen LogP contribution is 2.50. The highest BCUT2D eigenvalue weighted by Gasteiger charge is 2.67. The van der Waals surface area contributed by atoms with Gasteiger partial charge in [0, 0.05) is 31.9 Å². The summed E-state index contributed by atoms with van der Waals surface area (Å²) in [5.74, 6) is -2.42. The van der Waals surface area contributed by atoms with Crippen LogP contribution in [0.5, 0.6) is 5.75 Å². The lowest BCUT2D eigenvalue weighted by Crippen LogP contribution is -2.54. The first-order valence-corrected chi connectivity index (χ1v) is 11.0. The van der Waals surface area contributed by atoms with Crippen LogP contribution in [0, 0.1) is 11.8 Å². The van der Waals surface area contributed by atoms with Gasteiger partial charge in [0.25, 0.3) is 0 Å². The lowest BCUT2D eigenvalue weighted by atomic mass is 9.80. The highest BCUT2D eigenvalue weighted by atomic mass is 16.5. The molecule has 0 aliphatic carbocycles. The Morgan fingerprint density at radius 3 is 2.42 bits per heavy atom. The number of nitrogens with one attached hydrogen (secondary N) is 1. The second-order valence-corrected chi connectivity index (χ2v) is 8.75. The van der Waals surface area contributed by atoms with E-state index in [4.69, 9.17) is 9.47 Å². The molecule has 2 amide bonds. The van der Waals surface area contributed by atoms with E-state index in [-0.39, 0.29) is 12.5 Å². The molecule has 0 bridgehead atoms. The number of benzene rings is 2. The van der Waals surface area contributed by atoms with Gasteiger partial charge in [0.05, 0.1) is 31.2 Å². The largest absolute Gasteiger partial charge is 0.497 e. The van der Waals surface area contributed by atoms with Gasteiger partial charge in [-0.05, 0) is 43.7 Å². The Kier molecular flexibility index (Phi) is 5.88. The normalized spacial score (nSPS) is 26.3. The molecule has 2 saturated heterocycles. The zero-order valence-corrected chi connectivity index (χ0v) is 19.5. The maximum atomic E-state index is 13.7. The van der Waals surface area contributed by atoms with Crippen LogP contribution in [-0.4, -0.2) is 51.1 Å². The maximum absolute atomic E-state index is 13.7. The van der Waals surface area contributed by atoms with Crippen molar-refractivity contribution in [3.05, 3.63) is 54.1 Å². The summed E-state index contributed by atoms with van der Waals surface area (Å²) in [5.41, 5.74) is 0.920. The van der Waals surface area contributed by atoms with Gasteiger partial charge in [-0.25, -0.2) is 4.90 Å². The van der Waals surface area contributed by atoms with E-state index < -0.39 is 35.3 Å². The number of fused-ring (bicyclic) bond motifs is 1. The third kappa shape index (κ3) is 3.64. The zero-order valence-electron chi connectivity index (χ0n) is 19.5. The number of rotatable bonds is 6. The molecular weight excluding hydrogens is 422 g/mol. The van der Waals surface area contributed by atoms with E-state index in [1.165, 1.54) is 12.0 Å². The van der Waals surface area contributed by atoms with Crippen molar-refractivity contribution >= 4 is 29.2 Å². The third-order valence-electron chi connectivity index (χ3n) is 6.57. The van der Waals surface area contributed by atoms with Gasteiger partial charge in [0.2, 0.25) is 11.8 Å². The number of imide groups is 1. The minimum atomic E-state index is -1.34. The van der Waals surface area contributed by atoms with E-state index in [9.17, 15) is 14.4 Å². The first kappa shape index (κ1) is 22.8. The van der Waals surface area contributed by atoms with Gasteiger partial charge in [-0.15, -0.1) is 0 Å². The van der Waals surface area contributed by atoms with Crippen LogP contribution in [0.15, 0.2) is 48.5 Å². The van der Waals surface area contributed by atoms with Crippen LogP contribution in [0.2, 0.25) is 0 Å². The SMILES string of the molecule is CCOC(=O)[C@]1(C)N[C@H](c2ccc(N(C)C)cc2)[C@@H]2C(=O)N(c3cccc(OC)c3)C(=O)[C@H]21. The van der Waals surface area contributed by atoms with Crippen molar-refractivity contribution in [1.82, 2.24) is 5.32 Å². The predicted octanol–water partition coefficient (Wildman–Crippen LogP) is 2.53. The Balaban J connectivity index is 1.79.